The van der Waals surface area contributed by atoms with E-state index in [-0.39, 0.29) is 0 Å². The zero-order valence-corrected chi connectivity index (χ0v) is 18.3. The number of anilines is 2. The Bertz CT molecular complexity index is 1240. The number of halogens is 1. The Morgan fingerprint density at radius 1 is 1.22 bits per heavy atom. The Balaban J connectivity index is 1.42. The number of methoxy groups -OCH3 is 1. The van der Waals surface area contributed by atoms with Crippen LogP contribution in [0.2, 0.25) is 5.02 Å². The highest BCUT2D eigenvalue weighted by atomic mass is 35.5. The molecule has 3 aromatic heterocycles. The molecule has 1 saturated heterocycles. The quantitative estimate of drug-likeness (QED) is 0.433. The normalized spacial score (nSPS) is 15.8. The molecule has 0 saturated carbocycles. The summed E-state index contributed by atoms with van der Waals surface area (Å²) in [6, 6.07) is 11.8. The Labute approximate surface area is 190 Å². The van der Waals surface area contributed by atoms with E-state index in [1.807, 2.05) is 47.0 Å². The molecular formula is C23H23ClN6O2. The molecule has 1 atom stereocenters. The number of imidazole rings is 1. The fourth-order valence-corrected chi connectivity index (χ4v) is 3.99. The minimum atomic E-state index is 0.390. The summed E-state index contributed by atoms with van der Waals surface area (Å²) < 4.78 is 13.4. The highest BCUT2D eigenvalue weighted by molar-refractivity contribution is 6.32. The van der Waals surface area contributed by atoms with E-state index in [1.54, 1.807) is 19.5 Å². The average Bonchev–Trinajstić information content (AvgIpc) is 3.49. The molecule has 4 heterocycles. The van der Waals surface area contributed by atoms with E-state index in [9.17, 15) is 0 Å². The van der Waals surface area contributed by atoms with Gasteiger partial charge in [0, 0.05) is 18.3 Å². The molecule has 2 N–H and O–H groups in total. The molecule has 0 amide bonds. The van der Waals surface area contributed by atoms with Gasteiger partial charge in [-0.2, -0.15) is 0 Å². The zero-order valence-electron chi connectivity index (χ0n) is 17.6. The number of fused-ring (bicyclic) bond motifs is 1. The first-order valence-electron chi connectivity index (χ1n) is 10.5. The van der Waals surface area contributed by atoms with Crippen LogP contribution in [0.5, 0.6) is 11.5 Å². The maximum atomic E-state index is 6.43. The van der Waals surface area contributed by atoms with Crippen molar-refractivity contribution in [3.8, 4) is 22.9 Å². The summed E-state index contributed by atoms with van der Waals surface area (Å²) in [5.74, 6) is 1.80. The van der Waals surface area contributed by atoms with Crippen LogP contribution in [0.3, 0.4) is 0 Å². The molecule has 1 fully saturated rings. The van der Waals surface area contributed by atoms with Gasteiger partial charge in [0.1, 0.15) is 29.4 Å². The van der Waals surface area contributed by atoms with Gasteiger partial charge in [0.05, 0.1) is 35.9 Å². The van der Waals surface area contributed by atoms with E-state index >= 15 is 0 Å². The van der Waals surface area contributed by atoms with E-state index < -0.39 is 0 Å². The van der Waals surface area contributed by atoms with Gasteiger partial charge in [-0.3, -0.25) is 4.40 Å². The topological polar surface area (TPSA) is 85.6 Å². The van der Waals surface area contributed by atoms with Gasteiger partial charge in [-0.15, -0.1) is 0 Å². The van der Waals surface area contributed by atoms with Crippen molar-refractivity contribution in [2.24, 2.45) is 0 Å². The fraction of sp³-hybridized carbons (Fsp3) is 0.261. The summed E-state index contributed by atoms with van der Waals surface area (Å²) >= 11 is 6.43. The van der Waals surface area contributed by atoms with Crippen molar-refractivity contribution in [1.82, 2.24) is 24.7 Å². The molecule has 1 aliphatic heterocycles. The van der Waals surface area contributed by atoms with E-state index in [2.05, 4.69) is 25.6 Å². The van der Waals surface area contributed by atoms with Crippen molar-refractivity contribution in [3.63, 3.8) is 0 Å². The zero-order chi connectivity index (χ0) is 21.9. The third-order valence-corrected chi connectivity index (χ3v) is 5.71. The van der Waals surface area contributed by atoms with Crippen molar-refractivity contribution in [2.75, 3.05) is 25.6 Å². The second kappa shape index (κ2) is 9.02. The Morgan fingerprint density at radius 2 is 2.16 bits per heavy atom. The van der Waals surface area contributed by atoms with Crippen molar-refractivity contribution < 1.29 is 9.47 Å². The van der Waals surface area contributed by atoms with Crippen LogP contribution in [0.4, 0.5) is 11.6 Å². The van der Waals surface area contributed by atoms with Crippen molar-refractivity contribution in [2.45, 2.75) is 18.9 Å². The lowest BCUT2D eigenvalue weighted by atomic mass is 10.2. The lowest BCUT2D eigenvalue weighted by molar-refractivity contribution is 0.277. The van der Waals surface area contributed by atoms with Crippen molar-refractivity contribution >= 4 is 28.9 Å². The highest BCUT2D eigenvalue weighted by Gasteiger charge is 2.16. The number of hydrogen-bond acceptors (Lipinski definition) is 7. The fourth-order valence-electron chi connectivity index (χ4n) is 3.81. The predicted octanol–water partition coefficient (Wildman–Crippen LogP) is 4.33. The third kappa shape index (κ3) is 4.19. The minimum absolute atomic E-state index is 0.390. The van der Waals surface area contributed by atoms with E-state index in [0.717, 1.165) is 30.1 Å². The Morgan fingerprint density at radius 3 is 3.00 bits per heavy atom. The molecule has 9 heteroatoms. The first-order valence-corrected chi connectivity index (χ1v) is 10.9. The summed E-state index contributed by atoms with van der Waals surface area (Å²) in [5.41, 5.74) is 2.89. The molecule has 1 aliphatic rings. The molecule has 0 spiro atoms. The molecule has 32 heavy (non-hydrogen) atoms. The Hall–Kier alpha value is -3.36. The smallest absolute Gasteiger partial charge is 0.227 e. The van der Waals surface area contributed by atoms with Crippen LogP contribution in [-0.4, -0.2) is 45.7 Å². The second-order valence-electron chi connectivity index (χ2n) is 7.55. The summed E-state index contributed by atoms with van der Waals surface area (Å²) in [5, 5.41) is 7.11. The van der Waals surface area contributed by atoms with Crippen molar-refractivity contribution in [1.29, 1.82) is 0 Å². The second-order valence-corrected chi connectivity index (χ2v) is 7.96. The third-order valence-electron chi connectivity index (χ3n) is 5.43. The molecule has 0 unspecified atom stereocenters. The number of benzene rings is 1. The van der Waals surface area contributed by atoms with E-state index in [4.69, 9.17) is 21.1 Å². The molecule has 0 bridgehead atoms. The maximum Gasteiger partial charge on any atom is 0.227 e. The van der Waals surface area contributed by atoms with Crippen LogP contribution in [0, 0.1) is 0 Å². The number of rotatable bonds is 7. The van der Waals surface area contributed by atoms with Gasteiger partial charge in [-0.05, 0) is 43.7 Å². The van der Waals surface area contributed by atoms with Gasteiger partial charge in [0.25, 0.3) is 0 Å². The molecule has 164 valence electrons. The summed E-state index contributed by atoms with van der Waals surface area (Å²) in [7, 11) is 1.62. The van der Waals surface area contributed by atoms with Crippen molar-refractivity contribution in [3.05, 3.63) is 60.0 Å². The van der Waals surface area contributed by atoms with E-state index in [1.165, 1.54) is 6.42 Å². The van der Waals surface area contributed by atoms with Crippen LogP contribution in [0.25, 0.3) is 17.0 Å². The maximum absolute atomic E-state index is 6.43. The van der Waals surface area contributed by atoms with E-state index in [0.29, 0.717) is 40.8 Å². The molecule has 4 aromatic rings. The van der Waals surface area contributed by atoms with Gasteiger partial charge in [0.2, 0.25) is 5.95 Å². The minimum Gasteiger partial charge on any atom is -0.495 e. The number of ether oxygens (including phenoxy) is 2. The molecule has 1 aromatic carbocycles. The number of pyridine rings is 1. The van der Waals surface area contributed by atoms with Gasteiger partial charge in [0.15, 0.2) is 0 Å². The first-order chi connectivity index (χ1) is 15.7. The highest BCUT2D eigenvalue weighted by Crippen LogP contribution is 2.33. The number of nitrogens with one attached hydrogen (secondary N) is 2. The van der Waals surface area contributed by atoms with Gasteiger partial charge in [-0.1, -0.05) is 17.7 Å². The van der Waals surface area contributed by atoms with Gasteiger partial charge < -0.3 is 20.1 Å². The number of aromatic nitrogens is 4. The number of hydrogen-bond donors (Lipinski definition) is 2. The molecule has 8 nitrogen and oxygen atoms in total. The average molecular weight is 451 g/mol. The number of nitrogens with zero attached hydrogens (tertiary/aromatic N) is 4. The first kappa shape index (κ1) is 20.5. The largest absolute Gasteiger partial charge is 0.495 e. The molecule has 5 rings (SSSR count). The van der Waals surface area contributed by atoms with Crippen LogP contribution >= 0.6 is 11.6 Å². The monoisotopic (exact) mass is 450 g/mol. The molecule has 0 aliphatic carbocycles. The Kier molecular flexibility index (Phi) is 5.79. The van der Waals surface area contributed by atoms with Crippen LogP contribution in [0.15, 0.2) is 55.0 Å². The SMILES string of the molecule is COc1ccc(OC[C@H]2CCCN2)cc1Nc1ncc(Cl)c(-c2cnc3ccccn23)n1. The summed E-state index contributed by atoms with van der Waals surface area (Å²) in [6.45, 7) is 1.67. The van der Waals surface area contributed by atoms with Crippen LogP contribution in [-0.2, 0) is 0 Å². The molecule has 0 radical (unpaired) electrons. The lowest BCUT2D eigenvalue weighted by Gasteiger charge is -2.15. The standard InChI is InChI=1S/C23H23ClN6O2/c1-31-20-8-7-16(32-14-15-5-4-9-25-15)11-18(20)28-23-27-12-17(24)22(29-23)19-13-26-21-6-2-3-10-30(19)21/h2-3,6-8,10-13,15,25H,4-5,9,14H2,1H3,(H,27,28,29)/t15-/m1/s1. The molecular weight excluding hydrogens is 428 g/mol. The summed E-state index contributed by atoms with van der Waals surface area (Å²) in [4.78, 5) is 13.4. The van der Waals surface area contributed by atoms with Crippen LogP contribution < -0.4 is 20.1 Å². The predicted molar refractivity (Wildman–Crippen MR) is 124 cm³/mol. The summed E-state index contributed by atoms with van der Waals surface area (Å²) in [6.07, 6.45) is 7.57. The van der Waals surface area contributed by atoms with Gasteiger partial charge >= 0.3 is 0 Å². The van der Waals surface area contributed by atoms with Crippen LogP contribution in [0.1, 0.15) is 12.8 Å². The van der Waals surface area contributed by atoms with Gasteiger partial charge in [-0.25, -0.2) is 15.0 Å². The lowest BCUT2D eigenvalue weighted by Crippen LogP contribution is -2.28.